The molecule has 0 radical (unpaired) electrons. The second kappa shape index (κ2) is 8.12. The largest absolute Gasteiger partial charge is 0.336 e. The van der Waals surface area contributed by atoms with Crippen molar-refractivity contribution in [3.63, 3.8) is 0 Å². The summed E-state index contributed by atoms with van der Waals surface area (Å²) in [6, 6.07) is 11.3. The quantitative estimate of drug-likeness (QED) is 0.637. The van der Waals surface area contributed by atoms with Gasteiger partial charge in [0.15, 0.2) is 22.3 Å². The highest BCUT2D eigenvalue weighted by Crippen LogP contribution is 2.28. The second-order valence-corrected chi connectivity index (χ2v) is 8.63. The summed E-state index contributed by atoms with van der Waals surface area (Å²) >= 11 is 0. The first-order valence-corrected chi connectivity index (χ1v) is 11.2. The average Bonchev–Trinajstić information content (AvgIpc) is 2.77. The van der Waals surface area contributed by atoms with Gasteiger partial charge in [-0.15, -0.1) is 0 Å². The van der Waals surface area contributed by atoms with Gasteiger partial charge in [-0.1, -0.05) is 31.2 Å². The van der Waals surface area contributed by atoms with Gasteiger partial charge in [-0.2, -0.15) is 0 Å². The molecule has 0 aromatic heterocycles. The lowest BCUT2D eigenvalue weighted by Gasteiger charge is -2.37. The van der Waals surface area contributed by atoms with E-state index in [0.717, 1.165) is 0 Å². The first-order valence-electron chi connectivity index (χ1n) is 9.91. The summed E-state index contributed by atoms with van der Waals surface area (Å²) in [5.74, 6) is -0.703. The molecule has 30 heavy (non-hydrogen) atoms. The maximum Gasteiger partial charge on any atom is 0.253 e. The van der Waals surface area contributed by atoms with Gasteiger partial charge < -0.3 is 4.90 Å². The van der Waals surface area contributed by atoms with E-state index in [1.54, 1.807) is 41.3 Å². The molecule has 2 aromatic rings. The molecule has 0 saturated carbocycles. The van der Waals surface area contributed by atoms with E-state index in [0.29, 0.717) is 54.9 Å². The predicted octanol–water partition coefficient (Wildman–Crippen LogP) is 1.57. The molecule has 1 unspecified atom stereocenters. The number of amides is 1. The van der Waals surface area contributed by atoms with Gasteiger partial charge in [-0.3, -0.25) is 19.3 Å². The molecule has 4 rings (SSSR count). The van der Waals surface area contributed by atoms with Gasteiger partial charge in [-0.25, -0.2) is 8.42 Å². The van der Waals surface area contributed by atoms with Crippen molar-refractivity contribution in [2.24, 2.45) is 0 Å². The molecule has 2 aromatic carbocycles. The number of hydrogen-bond donors (Lipinski definition) is 1. The molecule has 1 saturated heterocycles. The molecule has 0 bridgehead atoms. The summed E-state index contributed by atoms with van der Waals surface area (Å²) in [6.45, 7) is 3.60. The van der Waals surface area contributed by atoms with E-state index in [9.17, 15) is 22.8 Å². The van der Waals surface area contributed by atoms with E-state index >= 15 is 0 Å². The zero-order chi connectivity index (χ0) is 21.4. The number of rotatable bonds is 4. The topological polar surface area (TPSA) is 91.8 Å². The summed E-state index contributed by atoms with van der Waals surface area (Å²) in [7, 11) is -2.54. The van der Waals surface area contributed by atoms with Gasteiger partial charge in [0.05, 0.1) is 0 Å². The van der Waals surface area contributed by atoms with Crippen molar-refractivity contribution in [1.29, 1.82) is 0 Å². The van der Waals surface area contributed by atoms with Crippen molar-refractivity contribution in [3.05, 3.63) is 70.3 Å². The minimum Gasteiger partial charge on any atom is -0.336 e. The second-order valence-electron chi connectivity index (χ2n) is 7.47. The maximum absolute atomic E-state index is 13.0. The predicted molar refractivity (Wildman–Crippen MR) is 112 cm³/mol. The third kappa shape index (κ3) is 3.46. The van der Waals surface area contributed by atoms with Crippen LogP contribution in [0.15, 0.2) is 42.5 Å². The van der Waals surface area contributed by atoms with Crippen molar-refractivity contribution in [3.8, 4) is 0 Å². The molecule has 1 atom stereocenters. The van der Waals surface area contributed by atoms with Crippen molar-refractivity contribution < 1.29 is 22.8 Å². The first kappa shape index (κ1) is 20.4. The summed E-state index contributed by atoms with van der Waals surface area (Å²) in [6.07, 6.45) is 0.509. The minimum absolute atomic E-state index is 0.217. The molecule has 7 nitrogen and oxygen atoms in total. The van der Waals surface area contributed by atoms with Crippen molar-refractivity contribution >= 4 is 28.2 Å². The van der Waals surface area contributed by atoms with Crippen LogP contribution in [0.1, 0.15) is 55.5 Å². The Bertz CT molecular complexity index is 1110. The van der Waals surface area contributed by atoms with E-state index in [2.05, 4.69) is 0 Å². The molecule has 2 aliphatic rings. The SMILES string of the molecule is CCC(N1CCN(C(=O)c2ccc3c(c2)C(=O)c2ccccc2C3=O)CC1)[SH](=O)=O. The molecule has 0 N–H and O–H groups in total. The Morgan fingerprint density at radius 2 is 1.47 bits per heavy atom. The molecule has 1 amide bonds. The summed E-state index contributed by atoms with van der Waals surface area (Å²) in [5, 5.41) is -0.510. The Balaban J connectivity index is 1.55. The van der Waals surface area contributed by atoms with Crippen LogP contribution < -0.4 is 0 Å². The lowest BCUT2D eigenvalue weighted by atomic mass is 9.83. The molecule has 1 fully saturated rings. The van der Waals surface area contributed by atoms with E-state index in [1.807, 2.05) is 11.8 Å². The van der Waals surface area contributed by atoms with Crippen LogP contribution in [0.3, 0.4) is 0 Å². The molecular weight excluding hydrogens is 404 g/mol. The standard InChI is InChI=1S/C22H22N2O5S/c1-2-19(30(28)29)23-9-11-24(12-10-23)22(27)14-7-8-17-18(13-14)21(26)16-6-4-3-5-15(16)20(17)25/h3-8,13,19,30H,2,9-12H2,1H3. The number of fused-ring (bicyclic) bond motifs is 2. The molecule has 1 aliphatic heterocycles. The number of hydrogen-bond acceptors (Lipinski definition) is 6. The lowest BCUT2D eigenvalue weighted by Crippen LogP contribution is -2.52. The third-order valence-electron chi connectivity index (χ3n) is 5.80. The zero-order valence-electron chi connectivity index (χ0n) is 16.5. The average molecular weight is 426 g/mol. The van der Waals surface area contributed by atoms with Gasteiger partial charge in [0.2, 0.25) is 0 Å². The number of carbonyl (C=O) groups is 3. The highest BCUT2D eigenvalue weighted by molar-refractivity contribution is 7.73. The molecule has 8 heteroatoms. The van der Waals surface area contributed by atoms with Crippen molar-refractivity contribution in [2.75, 3.05) is 26.2 Å². The Morgan fingerprint density at radius 1 is 0.900 bits per heavy atom. The van der Waals surface area contributed by atoms with Crippen LogP contribution in [-0.4, -0.2) is 67.2 Å². The Hall–Kier alpha value is -2.84. The number of nitrogens with zero attached hydrogens (tertiary/aromatic N) is 2. The van der Waals surface area contributed by atoms with Crippen LogP contribution in [0.4, 0.5) is 0 Å². The van der Waals surface area contributed by atoms with Gasteiger partial charge in [0.1, 0.15) is 5.37 Å². The van der Waals surface area contributed by atoms with Crippen LogP contribution in [0.25, 0.3) is 0 Å². The van der Waals surface area contributed by atoms with E-state index < -0.39 is 16.1 Å². The maximum atomic E-state index is 13.0. The van der Waals surface area contributed by atoms with Crippen LogP contribution in [0, 0.1) is 0 Å². The van der Waals surface area contributed by atoms with Gasteiger partial charge in [-0.05, 0) is 24.6 Å². The minimum atomic E-state index is -2.54. The molecule has 1 heterocycles. The van der Waals surface area contributed by atoms with Crippen molar-refractivity contribution in [2.45, 2.75) is 18.7 Å². The van der Waals surface area contributed by atoms with E-state index in [4.69, 9.17) is 0 Å². The van der Waals surface area contributed by atoms with E-state index in [1.165, 1.54) is 6.07 Å². The fourth-order valence-corrected chi connectivity index (χ4v) is 4.97. The Morgan fingerprint density at radius 3 is 2.03 bits per heavy atom. The monoisotopic (exact) mass is 426 g/mol. The van der Waals surface area contributed by atoms with Crippen LogP contribution in [-0.2, 0) is 10.7 Å². The number of thiol groups is 1. The molecule has 0 spiro atoms. The van der Waals surface area contributed by atoms with Gasteiger partial charge in [0.25, 0.3) is 5.91 Å². The normalized spacial score (nSPS) is 17.6. The number of ketones is 2. The van der Waals surface area contributed by atoms with Crippen molar-refractivity contribution in [1.82, 2.24) is 9.80 Å². The fraction of sp³-hybridized carbons (Fsp3) is 0.318. The Kier molecular flexibility index (Phi) is 5.53. The molecule has 1 aliphatic carbocycles. The van der Waals surface area contributed by atoms with Crippen LogP contribution in [0.2, 0.25) is 0 Å². The Labute approximate surface area is 176 Å². The number of carbonyl (C=O) groups excluding carboxylic acids is 3. The summed E-state index contributed by atoms with van der Waals surface area (Å²) < 4.78 is 22.8. The fourth-order valence-electron chi connectivity index (χ4n) is 4.18. The van der Waals surface area contributed by atoms with Gasteiger partial charge >= 0.3 is 0 Å². The zero-order valence-corrected chi connectivity index (χ0v) is 17.4. The summed E-state index contributed by atoms with van der Waals surface area (Å²) in [4.78, 5) is 42.1. The highest BCUT2D eigenvalue weighted by Gasteiger charge is 2.31. The highest BCUT2D eigenvalue weighted by atomic mass is 32.2. The summed E-state index contributed by atoms with van der Waals surface area (Å²) in [5.41, 5.74) is 1.64. The molecular formula is C22H22N2O5S. The van der Waals surface area contributed by atoms with E-state index in [-0.39, 0.29) is 23.0 Å². The first-order chi connectivity index (χ1) is 14.4. The third-order valence-corrected chi connectivity index (χ3v) is 6.98. The van der Waals surface area contributed by atoms with Crippen LogP contribution >= 0.6 is 0 Å². The smallest absolute Gasteiger partial charge is 0.253 e. The number of benzene rings is 2. The molecule has 156 valence electrons. The van der Waals surface area contributed by atoms with Gasteiger partial charge in [0, 0.05) is 54.0 Å². The number of piperazine rings is 1. The lowest BCUT2D eigenvalue weighted by molar-refractivity contribution is 0.0619. The van der Waals surface area contributed by atoms with Crippen LogP contribution in [0.5, 0.6) is 0 Å².